The predicted octanol–water partition coefficient (Wildman–Crippen LogP) is 2.43. The summed E-state index contributed by atoms with van der Waals surface area (Å²) in [4.78, 5) is 35.9. The van der Waals surface area contributed by atoms with E-state index in [1.54, 1.807) is 24.3 Å². The van der Waals surface area contributed by atoms with Crippen LogP contribution in [0.15, 0.2) is 62.9 Å². The second-order valence-electron chi connectivity index (χ2n) is 6.27. The quantitative estimate of drug-likeness (QED) is 0.550. The van der Waals surface area contributed by atoms with Gasteiger partial charge in [-0.15, -0.1) is 0 Å². The fraction of sp³-hybridized carbons (Fsp3) is 0.158. The van der Waals surface area contributed by atoms with Crippen molar-refractivity contribution in [1.82, 2.24) is 19.5 Å². The highest BCUT2D eigenvalue weighted by molar-refractivity contribution is 5.73. The van der Waals surface area contributed by atoms with Gasteiger partial charge in [-0.3, -0.25) is 14.3 Å². The summed E-state index contributed by atoms with van der Waals surface area (Å²) in [6, 6.07) is 9.20. The Hall–Kier alpha value is -3.75. The van der Waals surface area contributed by atoms with Crippen molar-refractivity contribution in [3.05, 3.63) is 86.8 Å². The van der Waals surface area contributed by atoms with Crippen molar-refractivity contribution in [1.29, 1.82) is 0 Å². The van der Waals surface area contributed by atoms with Crippen LogP contribution in [-0.2, 0) is 6.54 Å². The maximum absolute atomic E-state index is 13.1. The average molecular weight is 381 g/mol. The van der Waals surface area contributed by atoms with Crippen LogP contribution in [0.2, 0.25) is 0 Å². The molecule has 4 rings (SSSR count). The molecule has 0 radical (unpaired) electrons. The fourth-order valence-electron chi connectivity index (χ4n) is 2.84. The normalized spacial score (nSPS) is 12.2. The molecule has 142 valence electrons. The molecule has 4 aromatic rings. The van der Waals surface area contributed by atoms with Gasteiger partial charge in [-0.2, -0.15) is 4.98 Å². The molecule has 0 aliphatic carbocycles. The molecule has 0 spiro atoms. The van der Waals surface area contributed by atoms with Crippen molar-refractivity contribution in [2.75, 3.05) is 5.32 Å². The molecular weight excluding hydrogens is 365 g/mol. The van der Waals surface area contributed by atoms with Gasteiger partial charge in [0.25, 0.3) is 5.56 Å². The second-order valence-corrected chi connectivity index (χ2v) is 6.27. The predicted molar refractivity (Wildman–Crippen MR) is 101 cm³/mol. The van der Waals surface area contributed by atoms with Crippen LogP contribution in [0.25, 0.3) is 11.0 Å². The molecule has 0 saturated heterocycles. The number of halogens is 1. The highest BCUT2D eigenvalue weighted by atomic mass is 19.1. The molecule has 0 fully saturated rings. The lowest BCUT2D eigenvalue weighted by molar-refractivity contribution is 0.484. The van der Waals surface area contributed by atoms with Crippen LogP contribution in [0.3, 0.4) is 0 Å². The summed E-state index contributed by atoms with van der Waals surface area (Å²) < 4.78 is 19.3. The third-order valence-corrected chi connectivity index (χ3v) is 4.34. The topological polar surface area (TPSA) is 106 Å². The summed E-state index contributed by atoms with van der Waals surface area (Å²) in [5.41, 5.74) is -0.125. The lowest BCUT2D eigenvalue weighted by atomic mass is 10.1. The molecule has 9 heteroatoms. The monoisotopic (exact) mass is 381 g/mol. The summed E-state index contributed by atoms with van der Waals surface area (Å²) in [5, 5.41) is 3.26. The molecule has 0 bridgehead atoms. The van der Waals surface area contributed by atoms with E-state index in [2.05, 4.69) is 20.3 Å². The maximum atomic E-state index is 13.1. The standard InChI is InChI=1S/C19H16FN5O3/c1-11(12-4-6-13(20)7-5-12)22-18-21-9-15-16(23-18)24-19(27)25(17(15)26)10-14-3-2-8-28-14/h2-9,11H,10H2,1H3,(H2,21,22,23,24,27)/t11-/m1/s1. The van der Waals surface area contributed by atoms with Crippen molar-refractivity contribution >= 4 is 17.0 Å². The first-order valence-electron chi connectivity index (χ1n) is 8.55. The van der Waals surface area contributed by atoms with Crippen LogP contribution in [0.4, 0.5) is 10.3 Å². The van der Waals surface area contributed by atoms with Crippen molar-refractivity contribution in [3.63, 3.8) is 0 Å². The van der Waals surface area contributed by atoms with Gasteiger partial charge >= 0.3 is 5.69 Å². The van der Waals surface area contributed by atoms with Gasteiger partial charge in [0.1, 0.15) is 17.0 Å². The Labute approximate surface area is 157 Å². The molecule has 2 N–H and O–H groups in total. The number of nitrogens with one attached hydrogen (secondary N) is 2. The van der Waals surface area contributed by atoms with Gasteiger partial charge in [-0.1, -0.05) is 12.1 Å². The van der Waals surface area contributed by atoms with Crippen molar-refractivity contribution < 1.29 is 8.81 Å². The van der Waals surface area contributed by atoms with E-state index in [0.29, 0.717) is 5.76 Å². The van der Waals surface area contributed by atoms with Crippen LogP contribution >= 0.6 is 0 Å². The molecule has 0 amide bonds. The summed E-state index contributed by atoms with van der Waals surface area (Å²) in [7, 11) is 0. The first kappa shape index (κ1) is 17.7. The highest BCUT2D eigenvalue weighted by Crippen LogP contribution is 2.17. The zero-order chi connectivity index (χ0) is 19.7. The zero-order valence-corrected chi connectivity index (χ0v) is 14.8. The van der Waals surface area contributed by atoms with Gasteiger partial charge in [0, 0.05) is 6.20 Å². The Balaban J connectivity index is 1.65. The molecule has 0 unspecified atom stereocenters. The van der Waals surface area contributed by atoms with Crippen LogP contribution in [0.5, 0.6) is 0 Å². The van der Waals surface area contributed by atoms with Gasteiger partial charge < -0.3 is 9.73 Å². The number of rotatable bonds is 5. The number of aromatic amines is 1. The van der Waals surface area contributed by atoms with E-state index in [4.69, 9.17) is 4.42 Å². The Morgan fingerprint density at radius 1 is 1.25 bits per heavy atom. The molecule has 1 aromatic carbocycles. The number of furan rings is 1. The van der Waals surface area contributed by atoms with Crippen molar-refractivity contribution in [2.45, 2.75) is 19.5 Å². The molecule has 3 heterocycles. The van der Waals surface area contributed by atoms with Gasteiger partial charge in [0.15, 0.2) is 5.65 Å². The van der Waals surface area contributed by atoms with E-state index in [1.165, 1.54) is 24.6 Å². The van der Waals surface area contributed by atoms with Crippen LogP contribution in [0, 0.1) is 5.82 Å². The number of anilines is 1. The van der Waals surface area contributed by atoms with E-state index in [-0.39, 0.29) is 35.4 Å². The third kappa shape index (κ3) is 3.41. The van der Waals surface area contributed by atoms with Gasteiger partial charge in [-0.05, 0) is 36.8 Å². The van der Waals surface area contributed by atoms with Crippen LogP contribution < -0.4 is 16.6 Å². The van der Waals surface area contributed by atoms with Crippen molar-refractivity contribution in [3.8, 4) is 0 Å². The lowest BCUT2D eigenvalue weighted by Gasteiger charge is -2.14. The molecule has 0 aliphatic rings. The van der Waals surface area contributed by atoms with E-state index in [9.17, 15) is 14.0 Å². The minimum atomic E-state index is -0.592. The van der Waals surface area contributed by atoms with E-state index in [1.807, 2.05) is 6.92 Å². The molecule has 8 nitrogen and oxygen atoms in total. The smallest absolute Gasteiger partial charge is 0.330 e. The van der Waals surface area contributed by atoms with Crippen LogP contribution in [-0.4, -0.2) is 19.5 Å². The first-order chi connectivity index (χ1) is 13.5. The Morgan fingerprint density at radius 3 is 2.75 bits per heavy atom. The maximum Gasteiger partial charge on any atom is 0.330 e. The number of benzene rings is 1. The van der Waals surface area contributed by atoms with Gasteiger partial charge in [0.05, 0.1) is 18.8 Å². The molecule has 3 aromatic heterocycles. The molecular formula is C19H16FN5O3. The number of hydrogen-bond acceptors (Lipinski definition) is 6. The Morgan fingerprint density at radius 2 is 2.04 bits per heavy atom. The molecule has 28 heavy (non-hydrogen) atoms. The number of H-pyrrole nitrogens is 1. The van der Waals surface area contributed by atoms with E-state index < -0.39 is 11.2 Å². The second kappa shape index (κ2) is 7.10. The SMILES string of the molecule is C[C@@H](Nc1ncc2c(=O)n(Cc3ccco3)c(=O)[nH]c2n1)c1ccc(F)cc1. The van der Waals surface area contributed by atoms with Gasteiger partial charge in [0.2, 0.25) is 5.95 Å². The summed E-state index contributed by atoms with van der Waals surface area (Å²) in [6.07, 6.45) is 2.83. The third-order valence-electron chi connectivity index (χ3n) is 4.34. The Kier molecular flexibility index (Phi) is 4.48. The Bertz CT molecular complexity index is 1230. The van der Waals surface area contributed by atoms with Crippen molar-refractivity contribution in [2.24, 2.45) is 0 Å². The van der Waals surface area contributed by atoms with E-state index in [0.717, 1.165) is 10.1 Å². The minimum Gasteiger partial charge on any atom is -0.467 e. The summed E-state index contributed by atoms with van der Waals surface area (Å²) >= 11 is 0. The largest absolute Gasteiger partial charge is 0.467 e. The number of fused-ring (bicyclic) bond motifs is 1. The summed E-state index contributed by atoms with van der Waals surface area (Å²) in [5.74, 6) is 0.406. The number of aromatic nitrogens is 4. The highest BCUT2D eigenvalue weighted by Gasteiger charge is 2.13. The summed E-state index contributed by atoms with van der Waals surface area (Å²) in [6.45, 7) is 1.88. The van der Waals surface area contributed by atoms with E-state index >= 15 is 0 Å². The molecule has 0 saturated carbocycles. The zero-order valence-electron chi connectivity index (χ0n) is 14.8. The van der Waals surface area contributed by atoms with Crippen LogP contribution in [0.1, 0.15) is 24.3 Å². The average Bonchev–Trinajstić information content (AvgIpc) is 3.19. The molecule has 1 atom stereocenters. The minimum absolute atomic E-state index is 0.0126. The fourth-order valence-corrected chi connectivity index (χ4v) is 2.84. The molecule has 0 aliphatic heterocycles. The number of hydrogen-bond donors (Lipinski definition) is 2. The van der Waals surface area contributed by atoms with Gasteiger partial charge in [-0.25, -0.2) is 14.2 Å². The first-order valence-corrected chi connectivity index (χ1v) is 8.55. The lowest BCUT2D eigenvalue weighted by Crippen LogP contribution is -2.35. The number of nitrogens with zero attached hydrogens (tertiary/aromatic N) is 3.